The maximum absolute atomic E-state index is 12.9. The summed E-state index contributed by atoms with van der Waals surface area (Å²) in [4.78, 5) is 26.5. The molecule has 1 aliphatic carbocycles. The van der Waals surface area contributed by atoms with Crippen molar-refractivity contribution in [1.29, 1.82) is 0 Å². The van der Waals surface area contributed by atoms with Crippen LogP contribution in [-0.4, -0.2) is 51.1 Å². The van der Waals surface area contributed by atoms with Crippen LogP contribution in [0.15, 0.2) is 42.5 Å². The van der Waals surface area contributed by atoms with Gasteiger partial charge in [0.15, 0.2) is 11.5 Å². The molecule has 0 atom stereocenters. The van der Waals surface area contributed by atoms with E-state index in [1.54, 1.807) is 64.8 Å². The normalized spacial score (nSPS) is 13.0. The predicted molar refractivity (Wildman–Crippen MR) is 119 cm³/mol. The zero-order valence-electron chi connectivity index (χ0n) is 18.3. The first kappa shape index (κ1) is 22.2. The van der Waals surface area contributed by atoms with Crippen molar-refractivity contribution in [2.75, 3.05) is 28.4 Å². The summed E-state index contributed by atoms with van der Waals surface area (Å²) >= 11 is 0. The van der Waals surface area contributed by atoms with Gasteiger partial charge in [0.05, 0.1) is 21.3 Å². The summed E-state index contributed by atoms with van der Waals surface area (Å²) in [5.74, 6) is 1.38. The van der Waals surface area contributed by atoms with Gasteiger partial charge in [-0.3, -0.25) is 9.59 Å². The first-order chi connectivity index (χ1) is 15.0. The molecule has 0 radical (unpaired) electrons. The summed E-state index contributed by atoms with van der Waals surface area (Å²) in [5, 5.41) is 2.61. The molecule has 7 heteroatoms. The van der Waals surface area contributed by atoms with Gasteiger partial charge in [-0.1, -0.05) is 12.1 Å². The van der Waals surface area contributed by atoms with Crippen LogP contribution in [0.25, 0.3) is 6.08 Å². The second-order valence-corrected chi connectivity index (χ2v) is 7.27. The van der Waals surface area contributed by atoms with Crippen molar-refractivity contribution < 1.29 is 23.8 Å². The quantitative estimate of drug-likeness (QED) is 0.625. The van der Waals surface area contributed by atoms with Crippen molar-refractivity contribution in [2.24, 2.45) is 0 Å². The number of hydrogen-bond acceptors (Lipinski definition) is 5. The molecule has 1 N–H and O–H groups in total. The smallest absolute Gasteiger partial charge is 0.251 e. The highest BCUT2D eigenvalue weighted by Crippen LogP contribution is 2.38. The number of methoxy groups -OCH3 is 3. The Morgan fingerprint density at radius 2 is 1.65 bits per heavy atom. The van der Waals surface area contributed by atoms with Crippen LogP contribution >= 0.6 is 0 Å². The van der Waals surface area contributed by atoms with E-state index in [-0.39, 0.29) is 17.9 Å². The fourth-order valence-electron chi connectivity index (χ4n) is 3.34. The van der Waals surface area contributed by atoms with E-state index in [0.29, 0.717) is 29.4 Å². The van der Waals surface area contributed by atoms with Crippen LogP contribution in [0.5, 0.6) is 17.2 Å². The van der Waals surface area contributed by atoms with Crippen LogP contribution in [0.4, 0.5) is 0 Å². The van der Waals surface area contributed by atoms with Crippen molar-refractivity contribution in [3.05, 3.63) is 59.2 Å². The number of ether oxygens (including phenoxy) is 3. The average Bonchev–Trinajstić information content (AvgIpc) is 3.65. The SMILES string of the molecule is CNC(=O)c1ccc(CN(C(=O)C=Cc2cc(OC)c(OC)c(OC)c2)C2CC2)cc1. The zero-order valence-corrected chi connectivity index (χ0v) is 18.3. The Balaban J connectivity index is 1.75. The van der Waals surface area contributed by atoms with Crippen LogP contribution in [0.1, 0.15) is 34.3 Å². The maximum Gasteiger partial charge on any atom is 0.251 e. The van der Waals surface area contributed by atoms with E-state index in [0.717, 1.165) is 24.0 Å². The Kier molecular flexibility index (Phi) is 7.18. The second kappa shape index (κ2) is 10.0. The number of nitrogens with one attached hydrogen (secondary N) is 1. The molecule has 1 aliphatic rings. The first-order valence-corrected chi connectivity index (χ1v) is 10.1. The Morgan fingerprint density at radius 1 is 1.03 bits per heavy atom. The molecule has 3 rings (SSSR count). The van der Waals surface area contributed by atoms with Gasteiger partial charge in [-0.2, -0.15) is 0 Å². The molecule has 2 aromatic rings. The van der Waals surface area contributed by atoms with Gasteiger partial charge in [-0.05, 0) is 54.3 Å². The maximum atomic E-state index is 12.9. The van der Waals surface area contributed by atoms with Crippen LogP contribution < -0.4 is 19.5 Å². The monoisotopic (exact) mass is 424 g/mol. The summed E-state index contributed by atoms with van der Waals surface area (Å²) in [6.45, 7) is 0.497. The molecule has 0 saturated heterocycles. The molecule has 0 bridgehead atoms. The minimum atomic E-state index is -0.130. The van der Waals surface area contributed by atoms with Crippen LogP contribution in [-0.2, 0) is 11.3 Å². The highest BCUT2D eigenvalue weighted by atomic mass is 16.5. The molecule has 2 amide bonds. The number of nitrogens with zero attached hydrogens (tertiary/aromatic N) is 1. The van der Waals surface area contributed by atoms with E-state index in [1.807, 2.05) is 17.0 Å². The van der Waals surface area contributed by atoms with Gasteiger partial charge in [0, 0.05) is 31.3 Å². The van der Waals surface area contributed by atoms with Crippen molar-refractivity contribution >= 4 is 17.9 Å². The standard InChI is InChI=1S/C24H28N2O5/c1-25-24(28)18-8-5-16(6-9-18)15-26(19-10-11-19)22(27)12-7-17-13-20(29-2)23(31-4)21(14-17)30-3/h5-9,12-14,19H,10-11,15H2,1-4H3,(H,25,28). The summed E-state index contributed by atoms with van der Waals surface area (Å²) in [6.07, 6.45) is 5.31. The molecule has 0 unspecified atom stereocenters. The predicted octanol–water partition coefficient (Wildman–Crippen LogP) is 3.28. The third-order valence-corrected chi connectivity index (χ3v) is 5.17. The third-order valence-electron chi connectivity index (χ3n) is 5.17. The Labute approximate surface area is 182 Å². The Morgan fingerprint density at radius 3 is 2.13 bits per heavy atom. The van der Waals surface area contributed by atoms with E-state index >= 15 is 0 Å². The lowest BCUT2D eigenvalue weighted by Gasteiger charge is -2.21. The Hall–Kier alpha value is -3.48. The Bertz CT molecular complexity index is 939. The van der Waals surface area contributed by atoms with Crippen LogP contribution in [0.2, 0.25) is 0 Å². The second-order valence-electron chi connectivity index (χ2n) is 7.27. The van der Waals surface area contributed by atoms with E-state index < -0.39 is 0 Å². The minimum absolute atomic E-state index is 0.0633. The average molecular weight is 424 g/mol. The van der Waals surface area contributed by atoms with Crippen molar-refractivity contribution in [2.45, 2.75) is 25.4 Å². The highest BCUT2D eigenvalue weighted by Gasteiger charge is 2.31. The van der Waals surface area contributed by atoms with E-state index in [2.05, 4.69) is 5.32 Å². The third kappa shape index (κ3) is 5.36. The molecule has 1 fully saturated rings. The summed E-state index contributed by atoms with van der Waals surface area (Å²) in [7, 11) is 6.26. The van der Waals surface area contributed by atoms with Crippen LogP contribution in [0.3, 0.4) is 0 Å². The summed E-state index contributed by atoms with van der Waals surface area (Å²) in [5.41, 5.74) is 2.35. The molecular weight excluding hydrogens is 396 g/mol. The number of hydrogen-bond donors (Lipinski definition) is 1. The molecular formula is C24H28N2O5. The summed E-state index contributed by atoms with van der Waals surface area (Å²) in [6, 6.07) is 11.2. The van der Waals surface area contributed by atoms with Crippen molar-refractivity contribution in [3.63, 3.8) is 0 Å². The largest absolute Gasteiger partial charge is 0.493 e. The fraction of sp³-hybridized carbons (Fsp3) is 0.333. The topological polar surface area (TPSA) is 77.1 Å². The molecule has 2 aromatic carbocycles. The number of carbonyl (C=O) groups excluding carboxylic acids is 2. The van der Waals surface area contributed by atoms with Gasteiger partial charge in [-0.15, -0.1) is 0 Å². The van der Waals surface area contributed by atoms with Gasteiger partial charge in [-0.25, -0.2) is 0 Å². The molecule has 0 heterocycles. The number of amides is 2. The summed E-state index contributed by atoms with van der Waals surface area (Å²) < 4.78 is 16.1. The van der Waals surface area contributed by atoms with E-state index in [1.165, 1.54) is 0 Å². The minimum Gasteiger partial charge on any atom is -0.493 e. The lowest BCUT2D eigenvalue weighted by atomic mass is 10.1. The lowest BCUT2D eigenvalue weighted by Crippen LogP contribution is -2.31. The lowest BCUT2D eigenvalue weighted by molar-refractivity contribution is -0.127. The van der Waals surface area contributed by atoms with Gasteiger partial charge >= 0.3 is 0 Å². The highest BCUT2D eigenvalue weighted by molar-refractivity contribution is 5.94. The van der Waals surface area contributed by atoms with Gasteiger partial charge in [0.25, 0.3) is 5.91 Å². The number of carbonyl (C=O) groups is 2. The van der Waals surface area contributed by atoms with Gasteiger partial charge in [0.2, 0.25) is 11.7 Å². The molecule has 164 valence electrons. The molecule has 31 heavy (non-hydrogen) atoms. The van der Waals surface area contributed by atoms with Crippen molar-refractivity contribution in [1.82, 2.24) is 10.2 Å². The zero-order chi connectivity index (χ0) is 22.4. The first-order valence-electron chi connectivity index (χ1n) is 10.1. The molecule has 1 saturated carbocycles. The fourth-order valence-corrected chi connectivity index (χ4v) is 3.34. The molecule has 0 aromatic heterocycles. The van der Waals surface area contributed by atoms with Crippen LogP contribution in [0, 0.1) is 0 Å². The molecule has 0 aliphatic heterocycles. The van der Waals surface area contributed by atoms with E-state index in [9.17, 15) is 9.59 Å². The number of rotatable bonds is 9. The van der Waals surface area contributed by atoms with E-state index in [4.69, 9.17) is 14.2 Å². The number of benzene rings is 2. The van der Waals surface area contributed by atoms with Crippen molar-refractivity contribution in [3.8, 4) is 17.2 Å². The van der Waals surface area contributed by atoms with Gasteiger partial charge < -0.3 is 24.4 Å². The molecule has 7 nitrogen and oxygen atoms in total. The molecule has 0 spiro atoms. The van der Waals surface area contributed by atoms with Gasteiger partial charge in [0.1, 0.15) is 0 Å².